The number of ether oxygens (including phenoxy) is 2. The highest BCUT2D eigenvalue weighted by molar-refractivity contribution is 9.10. The Labute approximate surface area is 238 Å². The molecule has 3 aromatic rings. The first-order chi connectivity index (χ1) is 18.3. The summed E-state index contributed by atoms with van der Waals surface area (Å²) in [6.45, 7) is 3.92. The van der Waals surface area contributed by atoms with E-state index in [-0.39, 0.29) is 22.6 Å². The Balaban J connectivity index is 1.85. The van der Waals surface area contributed by atoms with Crippen LogP contribution in [0.4, 0.5) is 5.69 Å². The average molecular weight is 661 g/mol. The number of rotatable bonds is 6. The van der Waals surface area contributed by atoms with Crippen LogP contribution in [0.3, 0.4) is 0 Å². The van der Waals surface area contributed by atoms with E-state index in [2.05, 4.69) is 37.2 Å². The van der Waals surface area contributed by atoms with Gasteiger partial charge in [0.1, 0.15) is 10.3 Å². The van der Waals surface area contributed by atoms with Crippen molar-refractivity contribution in [1.29, 1.82) is 0 Å². The molecular weight excluding hydrogens is 638 g/mol. The van der Waals surface area contributed by atoms with Gasteiger partial charge in [-0.25, -0.2) is 9.79 Å². The fourth-order valence-electron chi connectivity index (χ4n) is 4.70. The number of esters is 1. The number of carbonyl (C=O) groups is 2. The Kier molecular flexibility index (Phi) is 7.43. The van der Waals surface area contributed by atoms with Crippen LogP contribution >= 0.6 is 43.2 Å². The van der Waals surface area contributed by atoms with Crippen LogP contribution in [0.25, 0.3) is 5.57 Å². The molecule has 0 saturated carbocycles. The second-order valence-corrected chi connectivity index (χ2v) is 11.4. The fourth-order valence-corrected chi connectivity index (χ4v) is 6.74. The predicted molar refractivity (Wildman–Crippen MR) is 152 cm³/mol. The highest BCUT2D eigenvalue weighted by Crippen LogP contribution is 2.37. The number of hydrogen-bond donors (Lipinski definition) is 1. The number of benzene rings is 2. The number of nitrogens with one attached hydrogen (secondary N) is 1. The van der Waals surface area contributed by atoms with Crippen LogP contribution in [-0.2, 0) is 14.3 Å². The van der Waals surface area contributed by atoms with Crippen LogP contribution in [-0.4, -0.2) is 30.2 Å². The lowest BCUT2D eigenvalue weighted by Crippen LogP contribution is -2.40. The minimum absolute atomic E-state index is 0.182. The van der Waals surface area contributed by atoms with E-state index in [1.165, 1.54) is 4.57 Å². The van der Waals surface area contributed by atoms with E-state index >= 15 is 0 Å². The maximum absolute atomic E-state index is 14.1. The lowest BCUT2D eigenvalue weighted by molar-refractivity contribution is -0.139. The van der Waals surface area contributed by atoms with Gasteiger partial charge in [-0.05, 0) is 65.2 Å². The third-order valence-corrected chi connectivity index (χ3v) is 8.48. The zero-order valence-corrected chi connectivity index (χ0v) is 24.8. The summed E-state index contributed by atoms with van der Waals surface area (Å²) < 4.78 is 14.1. The highest BCUT2D eigenvalue weighted by atomic mass is 79.9. The Hall–Kier alpha value is -3.02. The molecule has 1 N–H and O–H groups in total. The van der Waals surface area contributed by atoms with Crippen molar-refractivity contribution in [3.63, 3.8) is 0 Å². The van der Waals surface area contributed by atoms with E-state index in [0.717, 1.165) is 22.2 Å². The standard InChI is InChI=1S/C27H23Br2N3O5S/c1-4-6-18-21(26(35)37-5-2)22(13-7-10-19(36-3)16(29)11-13)32-25(34)23(38-27(32)31-18)20-15-12-14(28)8-9-17(15)30-24(20)33/h7-12,22H,4-6H2,1-3H3,(H,30,33)/b23-20-/t22-/m1/s1. The van der Waals surface area contributed by atoms with Gasteiger partial charge in [-0.3, -0.25) is 14.2 Å². The molecule has 0 aliphatic carbocycles. The van der Waals surface area contributed by atoms with E-state index in [4.69, 9.17) is 14.5 Å². The number of allylic oxidation sites excluding steroid dienone is 1. The number of thiazole rings is 1. The van der Waals surface area contributed by atoms with E-state index in [1.54, 1.807) is 26.2 Å². The summed E-state index contributed by atoms with van der Waals surface area (Å²) >= 11 is 8.14. The lowest BCUT2D eigenvalue weighted by Gasteiger charge is -2.26. The molecule has 2 aliphatic rings. The molecule has 0 spiro atoms. The first-order valence-corrected chi connectivity index (χ1v) is 14.4. The second kappa shape index (κ2) is 10.6. The molecule has 0 saturated heterocycles. The van der Waals surface area contributed by atoms with Crippen molar-refractivity contribution >= 4 is 66.3 Å². The monoisotopic (exact) mass is 659 g/mol. The Morgan fingerprint density at radius 3 is 2.63 bits per heavy atom. The summed E-state index contributed by atoms with van der Waals surface area (Å²) in [7, 11) is 1.57. The zero-order valence-electron chi connectivity index (χ0n) is 20.8. The second-order valence-electron chi connectivity index (χ2n) is 8.65. The van der Waals surface area contributed by atoms with Gasteiger partial charge in [-0.1, -0.05) is 46.7 Å². The number of methoxy groups -OCH3 is 1. The van der Waals surface area contributed by atoms with Crippen LogP contribution in [0, 0.1) is 0 Å². The van der Waals surface area contributed by atoms with E-state index in [0.29, 0.717) is 49.5 Å². The normalized spacial score (nSPS) is 17.5. The molecule has 0 radical (unpaired) electrons. The summed E-state index contributed by atoms with van der Waals surface area (Å²) in [5, 5.41) is 2.84. The van der Waals surface area contributed by atoms with Gasteiger partial charge in [0.25, 0.3) is 11.5 Å². The van der Waals surface area contributed by atoms with Crippen molar-refractivity contribution in [2.24, 2.45) is 4.99 Å². The largest absolute Gasteiger partial charge is 0.496 e. The maximum atomic E-state index is 14.1. The molecule has 0 bridgehead atoms. The molecule has 38 heavy (non-hydrogen) atoms. The zero-order chi connectivity index (χ0) is 27.1. The molecule has 8 nitrogen and oxygen atoms in total. The Morgan fingerprint density at radius 2 is 1.95 bits per heavy atom. The van der Waals surface area contributed by atoms with Crippen LogP contribution < -0.4 is 24.9 Å². The smallest absolute Gasteiger partial charge is 0.338 e. The number of halogens is 2. The topological polar surface area (TPSA) is 99.0 Å². The number of fused-ring (bicyclic) bond motifs is 2. The van der Waals surface area contributed by atoms with Gasteiger partial charge in [0, 0.05) is 15.7 Å². The molecule has 2 aliphatic heterocycles. The van der Waals surface area contributed by atoms with Gasteiger partial charge in [-0.2, -0.15) is 0 Å². The summed E-state index contributed by atoms with van der Waals surface area (Å²) in [4.78, 5) is 45.7. The molecular formula is C27H23Br2N3O5S. The van der Waals surface area contributed by atoms with Gasteiger partial charge in [0.2, 0.25) is 0 Å². The molecule has 5 rings (SSSR count). The van der Waals surface area contributed by atoms with Gasteiger partial charge < -0.3 is 14.8 Å². The first-order valence-electron chi connectivity index (χ1n) is 12.0. The number of aromatic nitrogens is 1. The summed E-state index contributed by atoms with van der Waals surface area (Å²) in [5.41, 5.74) is 2.72. The Bertz CT molecular complexity index is 1710. The summed E-state index contributed by atoms with van der Waals surface area (Å²) in [6, 6.07) is 10.1. The van der Waals surface area contributed by atoms with Crippen molar-refractivity contribution in [2.45, 2.75) is 32.7 Å². The van der Waals surface area contributed by atoms with Gasteiger partial charge >= 0.3 is 5.97 Å². The van der Waals surface area contributed by atoms with Crippen LogP contribution in [0.1, 0.15) is 43.9 Å². The van der Waals surface area contributed by atoms with Gasteiger partial charge in [-0.15, -0.1) is 0 Å². The van der Waals surface area contributed by atoms with E-state index in [1.807, 2.05) is 31.2 Å². The van der Waals surface area contributed by atoms with E-state index in [9.17, 15) is 14.4 Å². The molecule has 0 fully saturated rings. The highest BCUT2D eigenvalue weighted by Gasteiger charge is 2.36. The molecule has 1 atom stereocenters. The molecule has 2 aromatic carbocycles. The number of anilines is 1. The van der Waals surface area contributed by atoms with Gasteiger partial charge in [0.15, 0.2) is 4.80 Å². The maximum Gasteiger partial charge on any atom is 0.338 e. The predicted octanol–water partition coefficient (Wildman–Crippen LogP) is 4.43. The molecule has 3 heterocycles. The van der Waals surface area contributed by atoms with Crippen molar-refractivity contribution < 1.29 is 19.1 Å². The van der Waals surface area contributed by atoms with Crippen molar-refractivity contribution in [3.8, 4) is 5.75 Å². The molecule has 1 aromatic heterocycles. The quantitative estimate of drug-likeness (QED) is 0.395. The average Bonchev–Trinajstić information content (AvgIpc) is 3.38. The molecule has 0 unspecified atom stereocenters. The molecule has 1 amide bonds. The molecule has 11 heteroatoms. The Morgan fingerprint density at radius 1 is 1.16 bits per heavy atom. The molecule has 196 valence electrons. The SMILES string of the molecule is CCCC1=C(C(=O)OCC)[C@@H](c2ccc(OC)c(Br)c2)n2c(s/c(=C3\C(=O)Nc4ccc(Br)cc43)c2=O)=N1. The number of carbonyl (C=O) groups excluding carboxylic acids is 2. The fraction of sp³-hybridized carbons (Fsp3) is 0.259. The van der Waals surface area contributed by atoms with Gasteiger partial charge in [0.05, 0.1) is 41.1 Å². The van der Waals surface area contributed by atoms with Crippen LogP contribution in [0.5, 0.6) is 5.75 Å². The lowest BCUT2D eigenvalue weighted by atomic mass is 9.94. The minimum Gasteiger partial charge on any atom is -0.496 e. The summed E-state index contributed by atoms with van der Waals surface area (Å²) in [5.74, 6) is -0.267. The minimum atomic E-state index is -0.796. The number of nitrogens with zero attached hydrogens (tertiary/aromatic N) is 2. The number of hydrogen-bond acceptors (Lipinski definition) is 7. The number of amides is 1. The third-order valence-electron chi connectivity index (χ3n) is 6.31. The summed E-state index contributed by atoms with van der Waals surface area (Å²) in [6.07, 6.45) is 1.26. The first kappa shape index (κ1) is 26.6. The van der Waals surface area contributed by atoms with E-state index < -0.39 is 17.6 Å². The van der Waals surface area contributed by atoms with Crippen molar-refractivity contribution in [2.75, 3.05) is 19.0 Å². The third kappa shape index (κ3) is 4.46. The van der Waals surface area contributed by atoms with Crippen LogP contribution in [0.15, 0.2) is 66.4 Å². The van der Waals surface area contributed by atoms with Crippen LogP contribution in [0.2, 0.25) is 0 Å². The van der Waals surface area contributed by atoms with Crippen molar-refractivity contribution in [1.82, 2.24) is 4.57 Å². The van der Waals surface area contributed by atoms with Crippen molar-refractivity contribution in [3.05, 3.63) is 87.4 Å².